The van der Waals surface area contributed by atoms with Crippen molar-refractivity contribution in [1.29, 1.82) is 0 Å². The van der Waals surface area contributed by atoms with Crippen molar-refractivity contribution >= 4 is 5.97 Å². The van der Waals surface area contributed by atoms with Crippen LogP contribution >= 0.6 is 0 Å². The Kier molecular flexibility index (Phi) is 4.13. The Morgan fingerprint density at radius 2 is 2.11 bits per heavy atom. The fourth-order valence-electron chi connectivity index (χ4n) is 2.88. The standard InChI is InChI=1S/C16H22O3/c1-10(2)14-9-12(4-5-15(14)19-3)13-6-11(7-13)8-16(17)18/h4-5,9-11,13H,6-8H2,1-3H3,(H,17,18). The first-order valence-electron chi connectivity index (χ1n) is 6.90. The van der Waals surface area contributed by atoms with Gasteiger partial charge in [-0.15, -0.1) is 0 Å². The van der Waals surface area contributed by atoms with E-state index >= 15 is 0 Å². The topological polar surface area (TPSA) is 46.5 Å². The molecule has 0 atom stereocenters. The molecule has 1 aliphatic rings. The highest BCUT2D eigenvalue weighted by Crippen LogP contribution is 2.44. The molecule has 0 spiro atoms. The van der Waals surface area contributed by atoms with Crippen LogP contribution in [-0.4, -0.2) is 18.2 Å². The quantitative estimate of drug-likeness (QED) is 0.878. The van der Waals surface area contributed by atoms with Gasteiger partial charge in [0.15, 0.2) is 0 Å². The predicted octanol–water partition coefficient (Wildman–Crippen LogP) is 3.79. The summed E-state index contributed by atoms with van der Waals surface area (Å²) in [5, 5.41) is 8.77. The zero-order valence-electron chi connectivity index (χ0n) is 11.8. The summed E-state index contributed by atoms with van der Waals surface area (Å²) in [5.41, 5.74) is 2.56. The Morgan fingerprint density at radius 1 is 1.42 bits per heavy atom. The summed E-state index contributed by atoms with van der Waals surface area (Å²) in [4.78, 5) is 10.7. The molecule has 1 saturated carbocycles. The predicted molar refractivity (Wildman–Crippen MR) is 74.8 cm³/mol. The van der Waals surface area contributed by atoms with Gasteiger partial charge in [0, 0.05) is 6.42 Å². The van der Waals surface area contributed by atoms with Crippen molar-refractivity contribution in [2.45, 2.75) is 44.9 Å². The first-order chi connectivity index (χ1) is 9.01. The first-order valence-corrected chi connectivity index (χ1v) is 6.90. The van der Waals surface area contributed by atoms with Gasteiger partial charge in [-0.25, -0.2) is 0 Å². The lowest BCUT2D eigenvalue weighted by atomic mass is 9.70. The highest BCUT2D eigenvalue weighted by molar-refractivity contribution is 5.67. The van der Waals surface area contributed by atoms with Crippen molar-refractivity contribution in [3.8, 4) is 5.75 Å². The highest BCUT2D eigenvalue weighted by atomic mass is 16.5. The Bertz CT molecular complexity index is 459. The van der Waals surface area contributed by atoms with E-state index in [4.69, 9.17) is 9.84 Å². The average molecular weight is 262 g/mol. The fourth-order valence-corrected chi connectivity index (χ4v) is 2.88. The van der Waals surface area contributed by atoms with E-state index in [-0.39, 0.29) is 0 Å². The van der Waals surface area contributed by atoms with Gasteiger partial charge in [-0.1, -0.05) is 26.0 Å². The van der Waals surface area contributed by atoms with Crippen LogP contribution in [0.1, 0.15) is 56.1 Å². The number of aliphatic carboxylic acids is 1. The number of hydrogen-bond donors (Lipinski definition) is 1. The number of hydrogen-bond acceptors (Lipinski definition) is 2. The first kappa shape index (κ1) is 13.9. The molecule has 3 nitrogen and oxygen atoms in total. The SMILES string of the molecule is COc1ccc(C2CC(CC(=O)O)C2)cc1C(C)C. The maximum atomic E-state index is 10.7. The molecule has 0 aromatic heterocycles. The lowest BCUT2D eigenvalue weighted by molar-refractivity contribution is -0.138. The summed E-state index contributed by atoms with van der Waals surface area (Å²) in [6, 6.07) is 6.38. The molecule has 0 aliphatic heterocycles. The van der Waals surface area contributed by atoms with E-state index in [1.165, 1.54) is 11.1 Å². The van der Waals surface area contributed by atoms with Crippen LogP contribution in [-0.2, 0) is 4.79 Å². The Balaban J connectivity index is 2.07. The zero-order chi connectivity index (χ0) is 14.0. The lowest BCUT2D eigenvalue weighted by Crippen LogP contribution is -2.24. The average Bonchev–Trinajstić information content (AvgIpc) is 2.32. The molecule has 1 aromatic rings. The van der Waals surface area contributed by atoms with E-state index in [1.807, 2.05) is 6.07 Å². The van der Waals surface area contributed by atoms with Gasteiger partial charge in [0.05, 0.1) is 7.11 Å². The van der Waals surface area contributed by atoms with Gasteiger partial charge < -0.3 is 9.84 Å². The van der Waals surface area contributed by atoms with Gasteiger partial charge in [0.1, 0.15) is 5.75 Å². The van der Waals surface area contributed by atoms with E-state index in [0.29, 0.717) is 24.2 Å². The van der Waals surface area contributed by atoms with Crippen molar-refractivity contribution in [3.63, 3.8) is 0 Å². The summed E-state index contributed by atoms with van der Waals surface area (Å²) in [7, 11) is 1.70. The molecule has 0 saturated heterocycles. The number of rotatable bonds is 5. The summed E-state index contributed by atoms with van der Waals surface area (Å²) in [6.45, 7) is 4.32. The van der Waals surface area contributed by atoms with Crippen LogP contribution in [0.25, 0.3) is 0 Å². The van der Waals surface area contributed by atoms with Crippen molar-refractivity contribution in [1.82, 2.24) is 0 Å². The zero-order valence-corrected chi connectivity index (χ0v) is 11.8. The minimum Gasteiger partial charge on any atom is -0.496 e. The molecule has 0 unspecified atom stereocenters. The molecule has 3 heteroatoms. The van der Waals surface area contributed by atoms with Gasteiger partial charge >= 0.3 is 5.97 Å². The van der Waals surface area contributed by atoms with Gasteiger partial charge in [-0.2, -0.15) is 0 Å². The molecule has 2 rings (SSSR count). The smallest absolute Gasteiger partial charge is 0.303 e. The molecule has 1 aliphatic carbocycles. The van der Waals surface area contributed by atoms with Crippen LogP contribution in [0.3, 0.4) is 0 Å². The maximum absolute atomic E-state index is 10.7. The number of ether oxygens (including phenoxy) is 1. The molecular weight excluding hydrogens is 240 g/mol. The van der Waals surface area contributed by atoms with Crippen molar-refractivity contribution in [3.05, 3.63) is 29.3 Å². The lowest BCUT2D eigenvalue weighted by Gasteiger charge is -2.35. The fraction of sp³-hybridized carbons (Fsp3) is 0.562. The molecule has 1 N–H and O–H groups in total. The van der Waals surface area contributed by atoms with Crippen LogP contribution in [0.4, 0.5) is 0 Å². The number of carbonyl (C=O) groups is 1. The molecule has 0 bridgehead atoms. The number of carboxylic acids is 1. The van der Waals surface area contributed by atoms with E-state index < -0.39 is 5.97 Å². The number of carboxylic acid groups (broad SMARTS) is 1. The van der Waals surface area contributed by atoms with Crippen LogP contribution < -0.4 is 4.74 Å². The molecule has 0 heterocycles. The minimum atomic E-state index is -0.680. The number of methoxy groups -OCH3 is 1. The van der Waals surface area contributed by atoms with Gasteiger partial charge in [-0.05, 0) is 47.8 Å². The summed E-state index contributed by atoms with van der Waals surface area (Å²) < 4.78 is 5.39. The number of benzene rings is 1. The van der Waals surface area contributed by atoms with Crippen molar-refractivity contribution in [2.75, 3.05) is 7.11 Å². The van der Waals surface area contributed by atoms with Gasteiger partial charge in [-0.3, -0.25) is 4.79 Å². The molecule has 1 aromatic carbocycles. The van der Waals surface area contributed by atoms with E-state index in [2.05, 4.69) is 26.0 Å². The molecule has 0 amide bonds. The van der Waals surface area contributed by atoms with E-state index in [0.717, 1.165) is 18.6 Å². The molecule has 104 valence electrons. The van der Waals surface area contributed by atoms with E-state index in [9.17, 15) is 4.79 Å². The minimum absolute atomic E-state index is 0.309. The van der Waals surface area contributed by atoms with Crippen LogP contribution in [0, 0.1) is 5.92 Å². The Hall–Kier alpha value is -1.51. The molecular formula is C16H22O3. The third-order valence-corrected chi connectivity index (χ3v) is 4.05. The molecule has 0 radical (unpaired) electrons. The van der Waals surface area contributed by atoms with Crippen LogP contribution in [0.2, 0.25) is 0 Å². The maximum Gasteiger partial charge on any atom is 0.303 e. The molecule has 1 fully saturated rings. The monoisotopic (exact) mass is 262 g/mol. The summed E-state index contributed by atoms with van der Waals surface area (Å²) >= 11 is 0. The van der Waals surface area contributed by atoms with Crippen molar-refractivity contribution in [2.24, 2.45) is 5.92 Å². The van der Waals surface area contributed by atoms with Crippen molar-refractivity contribution < 1.29 is 14.6 Å². The third-order valence-electron chi connectivity index (χ3n) is 4.05. The second kappa shape index (κ2) is 5.64. The third kappa shape index (κ3) is 3.09. The second-order valence-electron chi connectivity index (χ2n) is 5.79. The van der Waals surface area contributed by atoms with Gasteiger partial charge in [0.2, 0.25) is 0 Å². The summed E-state index contributed by atoms with van der Waals surface area (Å²) in [6.07, 6.45) is 2.30. The largest absolute Gasteiger partial charge is 0.496 e. The highest BCUT2D eigenvalue weighted by Gasteiger charge is 2.32. The molecule has 19 heavy (non-hydrogen) atoms. The van der Waals surface area contributed by atoms with Crippen LogP contribution in [0.15, 0.2) is 18.2 Å². The summed E-state index contributed by atoms with van der Waals surface area (Å²) in [5.74, 6) is 1.57. The Labute approximate surface area is 114 Å². The van der Waals surface area contributed by atoms with E-state index in [1.54, 1.807) is 7.11 Å². The second-order valence-corrected chi connectivity index (χ2v) is 5.79. The normalized spacial score (nSPS) is 22.1. The Morgan fingerprint density at radius 3 is 2.63 bits per heavy atom. The van der Waals surface area contributed by atoms with Crippen LogP contribution in [0.5, 0.6) is 5.75 Å². The van der Waals surface area contributed by atoms with Gasteiger partial charge in [0.25, 0.3) is 0 Å².